The molecule has 1 amide bonds. The van der Waals surface area contributed by atoms with Gasteiger partial charge in [0.25, 0.3) is 5.91 Å². The molecule has 0 unspecified atom stereocenters. The summed E-state index contributed by atoms with van der Waals surface area (Å²) in [6, 6.07) is 0. The number of nitrogens with two attached hydrogens (primary N) is 1. The summed E-state index contributed by atoms with van der Waals surface area (Å²) >= 11 is 0. The third kappa shape index (κ3) is 2.95. The first-order chi connectivity index (χ1) is 8.16. The van der Waals surface area contributed by atoms with Crippen LogP contribution in [-0.4, -0.2) is 22.8 Å². The Bertz CT molecular complexity index is 383. The smallest absolute Gasteiger partial charge is 0.277 e. The van der Waals surface area contributed by atoms with Crippen LogP contribution in [0.3, 0.4) is 0 Å². The summed E-state index contributed by atoms with van der Waals surface area (Å²) in [4.78, 5) is 11.7. The molecule has 0 aromatic carbocycles. The number of nitrogens with zero attached hydrogens (tertiary/aromatic N) is 2. The van der Waals surface area contributed by atoms with Gasteiger partial charge in [-0.1, -0.05) is 19.8 Å². The molecule has 3 N–H and O–H groups in total. The highest BCUT2D eigenvalue weighted by molar-refractivity contribution is 5.95. The molecule has 0 bridgehead atoms. The van der Waals surface area contributed by atoms with Gasteiger partial charge < -0.3 is 11.1 Å². The predicted molar refractivity (Wildman–Crippen MR) is 62.2 cm³/mol. The molecule has 1 fully saturated rings. The van der Waals surface area contributed by atoms with Crippen LogP contribution >= 0.6 is 0 Å². The van der Waals surface area contributed by atoms with E-state index in [1.807, 2.05) is 0 Å². The molecule has 1 aliphatic rings. The van der Waals surface area contributed by atoms with E-state index >= 15 is 0 Å². The summed E-state index contributed by atoms with van der Waals surface area (Å²) in [6.45, 7) is 2.95. The number of hydrogen-bond acceptors (Lipinski definition) is 5. The van der Waals surface area contributed by atoms with Crippen LogP contribution in [0.1, 0.15) is 43.1 Å². The lowest BCUT2D eigenvalue weighted by molar-refractivity contribution is 0.0932. The number of carbonyl (C=O) groups is 1. The van der Waals surface area contributed by atoms with E-state index in [2.05, 4.69) is 27.2 Å². The first kappa shape index (κ1) is 11.9. The van der Waals surface area contributed by atoms with Gasteiger partial charge in [-0.05, 0) is 35.0 Å². The van der Waals surface area contributed by atoms with Crippen LogP contribution in [-0.2, 0) is 0 Å². The second kappa shape index (κ2) is 5.16. The fraction of sp³-hybridized carbons (Fsp3) is 0.727. The average Bonchev–Trinajstić information content (AvgIpc) is 2.74. The third-order valence-electron chi connectivity index (χ3n) is 3.42. The van der Waals surface area contributed by atoms with Gasteiger partial charge in [0.05, 0.1) is 0 Å². The Kier molecular flexibility index (Phi) is 3.61. The maximum Gasteiger partial charge on any atom is 0.277 e. The highest BCUT2D eigenvalue weighted by Gasteiger charge is 2.20. The second-order valence-corrected chi connectivity index (χ2v) is 4.83. The lowest BCUT2D eigenvalue weighted by Crippen LogP contribution is -2.31. The summed E-state index contributed by atoms with van der Waals surface area (Å²) in [5.41, 5.74) is 5.52. The fourth-order valence-corrected chi connectivity index (χ4v) is 2.21. The van der Waals surface area contributed by atoms with Crippen molar-refractivity contribution in [3.63, 3.8) is 0 Å². The Labute approximate surface area is 99.9 Å². The molecule has 1 aromatic heterocycles. The maximum atomic E-state index is 11.7. The molecule has 17 heavy (non-hydrogen) atoms. The maximum absolute atomic E-state index is 11.7. The number of rotatable bonds is 3. The molecule has 0 spiro atoms. The predicted octanol–water partition coefficient (Wildman–Crippen LogP) is 1.21. The van der Waals surface area contributed by atoms with Crippen molar-refractivity contribution < 1.29 is 9.42 Å². The minimum Gasteiger partial charge on any atom is -0.379 e. The molecule has 2 rings (SSSR count). The molecule has 1 aliphatic carbocycles. The van der Waals surface area contributed by atoms with Crippen LogP contribution in [0.25, 0.3) is 0 Å². The van der Waals surface area contributed by atoms with Crippen molar-refractivity contribution in [1.29, 1.82) is 0 Å². The Hall–Kier alpha value is -1.59. The van der Waals surface area contributed by atoms with Crippen LogP contribution in [0.15, 0.2) is 4.63 Å². The second-order valence-electron chi connectivity index (χ2n) is 4.83. The molecule has 6 heteroatoms. The molecule has 6 nitrogen and oxygen atoms in total. The number of amides is 1. The quantitative estimate of drug-likeness (QED) is 0.825. The Morgan fingerprint density at radius 3 is 2.71 bits per heavy atom. The van der Waals surface area contributed by atoms with Crippen molar-refractivity contribution in [2.45, 2.75) is 32.6 Å². The third-order valence-corrected chi connectivity index (χ3v) is 3.42. The average molecular weight is 238 g/mol. The highest BCUT2D eigenvalue weighted by Crippen LogP contribution is 2.27. The minimum atomic E-state index is -0.303. The van der Waals surface area contributed by atoms with Gasteiger partial charge >= 0.3 is 0 Å². The van der Waals surface area contributed by atoms with Gasteiger partial charge in [-0.3, -0.25) is 4.79 Å². The molecule has 1 heterocycles. The standard InChI is InChI=1S/C11H18N4O2/c1-7-2-4-8(5-3-7)6-13-11(16)9-10(12)15-17-14-9/h7-8H,2-6H2,1H3,(H2,12,15)(H,13,16). The van der Waals surface area contributed by atoms with E-state index in [0.29, 0.717) is 12.5 Å². The van der Waals surface area contributed by atoms with Crippen LogP contribution < -0.4 is 11.1 Å². The zero-order valence-corrected chi connectivity index (χ0v) is 9.98. The van der Waals surface area contributed by atoms with E-state index < -0.39 is 0 Å². The van der Waals surface area contributed by atoms with Crippen molar-refractivity contribution in [3.05, 3.63) is 5.69 Å². The number of nitrogen functional groups attached to an aromatic ring is 1. The molecule has 0 aliphatic heterocycles. The molecule has 0 radical (unpaired) electrons. The molecular weight excluding hydrogens is 220 g/mol. The summed E-state index contributed by atoms with van der Waals surface area (Å²) in [5, 5.41) is 9.67. The molecule has 1 aromatic rings. The van der Waals surface area contributed by atoms with Crippen LogP contribution in [0.2, 0.25) is 0 Å². The van der Waals surface area contributed by atoms with E-state index in [-0.39, 0.29) is 17.4 Å². The van der Waals surface area contributed by atoms with Crippen molar-refractivity contribution >= 4 is 11.7 Å². The number of nitrogens with one attached hydrogen (secondary N) is 1. The number of hydrogen-bond donors (Lipinski definition) is 2. The van der Waals surface area contributed by atoms with E-state index in [1.54, 1.807) is 0 Å². The van der Waals surface area contributed by atoms with Gasteiger partial charge in [0, 0.05) is 6.54 Å². The zero-order valence-electron chi connectivity index (χ0n) is 9.98. The monoisotopic (exact) mass is 238 g/mol. The zero-order chi connectivity index (χ0) is 12.3. The van der Waals surface area contributed by atoms with Gasteiger partial charge in [0.2, 0.25) is 11.5 Å². The van der Waals surface area contributed by atoms with Crippen LogP contribution in [0, 0.1) is 11.8 Å². The Morgan fingerprint density at radius 1 is 1.41 bits per heavy atom. The summed E-state index contributed by atoms with van der Waals surface area (Å²) in [6.07, 6.45) is 4.84. The lowest BCUT2D eigenvalue weighted by atomic mass is 9.83. The van der Waals surface area contributed by atoms with Crippen molar-refractivity contribution in [2.75, 3.05) is 12.3 Å². The Morgan fingerprint density at radius 2 is 2.12 bits per heavy atom. The molecule has 1 saturated carbocycles. The van der Waals surface area contributed by atoms with Crippen molar-refractivity contribution in [1.82, 2.24) is 15.6 Å². The van der Waals surface area contributed by atoms with Gasteiger partial charge in [0.1, 0.15) is 0 Å². The van der Waals surface area contributed by atoms with Crippen LogP contribution in [0.4, 0.5) is 5.82 Å². The number of carbonyl (C=O) groups excluding carboxylic acids is 1. The largest absolute Gasteiger partial charge is 0.379 e. The number of anilines is 1. The van der Waals surface area contributed by atoms with E-state index in [1.165, 1.54) is 25.7 Å². The molecule has 94 valence electrons. The normalized spacial score (nSPS) is 24.5. The SMILES string of the molecule is CC1CCC(CNC(=O)c2nonc2N)CC1. The summed E-state index contributed by atoms with van der Waals surface area (Å²) < 4.78 is 4.39. The van der Waals surface area contributed by atoms with Gasteiger partial charge in [0.15, 0.2) is 0 Å². The van der Waals surface area contributed by atoms with Gasteiger partial charge in [-0.15, -0.1) is 0 Å². The highest BCUT2D eigenvalue weighted by atomic mass is 16.6. The van der Waals surface area contributed by atoms with Crippen LogP contribution in [0.5, 0.6) is 0 Å². The first-order valence-electron chi connectivity index (χ1n) is 6.03. The minimum absolute atomic E-state index is 0.0415. The number of aromatic nitrogens is 2. The molecule has 0 saturated heterocycles. The topological polar surface area (TPSA) is 94.0 Å². The van der Waals surface area contributed by atoms with Gasteiger partial charge in [-0.25, -0.2) is 4.63 Å². The summed E-state index contributed by atoms with van der Waals surface area (Å²) in [5.74, 6) is 1.12. The van der Waals surface area contributed by atoms with Crippen molar-refractivity contribution in [2.24, 2.45) is 11.8 Å². The molecular formula is C11H18N4O2. The Balaban J connectivity index is 1.79. The van der Waals surface area contributed by atoms with Crippen molar-refractivity contribution in [3.8, 4) is 0 Å². The van der Waals surface area contributed by atoms with E-state index in [4.69, 9.17) is 5.73 Å². The molecule has 0 atom stereocenters. The fourth-order valence-electron chi connectivity index (χ4n) is 2.21. The summed E-state index contributed by atoms with van der Waals surface area (Å²) in [7, 11) is 0. The van der Waals surface area contributed by atoms with E-state index in [0.717, 1.165) is 5.92 Å². The first-order valence-corrected chi connectivity index (χ1v) is 6.03. The van der Waals surface area contributed by atoms with E-state index in [9.17, 15) is 4.79 Å². The van der Waals surface area contributed by atoms with Gasteiger partial charge in [-0.2, -0.15) is 0 Å². The lowest BCUT2D eigenvalue weighted by Gasteiger charge is -2.25.